The summed E-state index contributed by atoms with van der Waals surface area (Å²) in [5.41, 5.74) is 0.511. The van der Waals surface area contributed by atoms with Crippen molar-refractivity contribution in [3.8, 4) is 0 Å². The van der Waals surface area contributed by atoms with E-state index in [4.69, 9.17) is 16.3 Å². The molecule has 0 aliphatic heterocycles. The summed E-state index contributed by atoms with van der Waals surface area (Å²) in [6.45, 7) is 6.05. The molecule has 0 saturated carbocycles. The molecule has 1 N–H and O–H groups in total. The lowest BCUT2D eigenvalue weighted by molar-refractivity contribution is 0.0905. The summed E-state index contributed by atoms with van der Waals surface area (Å²) in [5, 5.41) is 3.08. The van der Waals surface area contributed by atoms with Crippen LogP contribution in [0.1, 0.15) is 30.6 Å². The van der Waals surface area contributed by atoms with Crippen LogP contribution < -0.4 is 5.32 Å². The predicted molar refractivity (Wildman–Crippen MR) is 71.9 cm³/mol. The van der Waals surface area contributed by atoms with Crippen LogP contribution in [0.3, 0.4) is 0 Å². The molecule has 100 valence electrons. The number of carbonyl (C=O) groups excluding carboxylic acids is 1. The number of rotatable bonds is 7. The van der Waals surface area contributed by atoms with Crippen LogP contribution in [0.15, 0.2) is 18.3 Å². The molecule has 0 spiro atoms. The summed E-state index contributed by atoms with van der Waals surface area (Å²) in [7, 11) is 0. The van der Waals surface area contributed by atoms with Gasteiger partial charge in [0, 0.05) is 24.9 Å². The van der Waals surface area contributed by atoms with Gasteiger partial charge >= 0.3 is 0 Å². The number of pyridine rings is 1. The second kappa shape index (κ2) is 8.06. The predicted octanol–water partition coefficient (Wildman–Crippen LogP) is 2.53. The Kier molecular flexibility index (Phi) is 6.68. The second-order valence-electron chi connectivity index (χ2n) is 4.42. The van der Waals surface area contributed by atoms with Crippen molar-refractivity contribution in [3.63, 3.8) is 0 Å². The molecular weight excluding hydrogens is 252 g/mol. The van der Waals surface area contributed by atoms with E-state index in [1.807, 2.05) is 0 Å². The fourth-order valence-corrected chi connectivity index (χ4v) is 1.48. The molecule has 1 rings (SSSR count). The first kappa shape index (κ1) is 14.9. The molecule has 1 amide bonds. The zero-order valence-electron chi connectivity index (χ0n) is 10.8. The normalized spacial score (nSPS) is 10.7. The minimum absolute atomic E-state index is 0.160. The van der Waals surface area contributed by atoms with E-state index in [1.54, 1.807) is 6.07 Å². The van der Waals surface area contributed by atoms with E-state index < -0.39 is 0 Å². The molecule has 1 aromatic heterocycles. The summed E-state index contributed by atoms with van der Waals surface area (Å²) >= 11 is 5.71. The SMILES string of the molecule is CC(C)CCOCCNC(=O)c1ccnc(Cl)c1. The molecule has 0 bridgehead atoms. The topological polar surface area (TPSA) is 51.2 Å². The molecule has 0 saturated heterocycles. The molecule has 1 heterocycles. The highest BCUT2D eigenvalue weighted by molar-refractivity contribution is 6.29. The van der Waals surface area contributed by atoms with E-state index in [1.165, 1.54) is 12.3 Å². The smallest absolute Gasteiger partial charge is 0.251 e. The number of carbonyl (C=O) groups is 1. The molecule has 5 heteroatoms. The van der Waals surface area contributed by atoms with Gasteiger partial charge in [-0.15, -0.1) is 0 Å². The number of amides is 1. The lowest BCUT2D eigenvalue weighted by Gasteiger charge is -2.07. The first-order chi connectivity index (χ1) is 8.59. The van der Waals surface area contributed by atoms with Gasteiger partial charge in [0.25, 0.3) is 5.91 Å². The second-order valence-corrected chi connectivity index (χ2v) is 4.81. The van der Waals surface area contributed by atoms with Crippen LogP contribution in [-0.4, -0.2) is 30.6 Å². The van der Waals surface area contributed by atoms with Crippen molar-refractivity contribution in [1.82, 2.24) is 10.3 Å². The molecule has 1 aromatic rings. The zero-order valence-corrected chi connectivity index (χ0v) is 11.5. The summed E-state index contributed by atoms with van der Waals surface area (Å²) in [6, 6.07) is 3.16. The number of aromatic nitrogens is 1. The molecule has 4 nitrogen and oxygen atoms in total. The van der Waals surface area contributed by atoms with Crippen LogP contribution in [-0.2, 0) is 4.74 Å². The van der Waals surface area contributed by atoms with Gasteiger partial charge in [-0.25, -0.2) is 4.98 Å². The van der Waals surface area contributed by atoms with Crippen molar-refractivity contribution in [2.45, 2.75) is 20.3 Å². The number of ether oxygens (including phenoxy) is 1. The minimum atomic E-state index is -0.160. The molecule has 0 aromatic carbocycles. The standard InChI is InChI=1S/C13H19ClN2O2/c1-10(2)4-7-18-8-6-16-13(17)11-3-5-15-12(14)9-11/h3,5,9-10H,4,6-8H2,1-2H3,(H,16,17). The third kappa shape index (κ3) is 5.98. The van der Waals surface area contributed by atoms with E-state index in [9.17, 15) is 4.79 Å². The molecule has 0 fully saturated rings. The summed E-state index contributed by atoms with van der Waals surface area (Å²) in [5.74, 6) is 0.477. The Hall–Kier alpha value is -1.13. The molecular formula is C13H19ClN2O2. The van der Waals surface area contributed by atoms with Crippen molar-refractivity contribution in [3.05, 3.63) is 29.0 Å². The Bertz CT molecular complexity index is 383. The van der Waals surface area contributed by atoms with Crippen molar-refractivity contribution in [2.24, 2.45) is 5.92 Å². The maximum absolute atomic E-state index is 11.7. The van der Waals surface area contributed by atoms with Gasteiger partial charge in [-0.05, 0) is 24.5 Å². The molecule has 0 unspecified atom stereocenters. The largest absolute Gasteiger partial charge is 0.380 e. The van der Waals surface area contributed by atoms with Crippen molar-refractivity contribution >= 4 is 17.5 Å². The van der Waals surface area contributed by atoms with E-state index in [-0.39, 0.29) is 5.91 Å². The van der Waals surface area contributed by atoms with E-state index in [2.05, 4.69) is 24.1 Å². The maximum atomic E-state index is 11.7. The van der Waals surface area contributed by atoms with Crippen molar-refractivity contribution < 1.29 is 9.53 Å². The van der Waals surface area contributed by atoms with Gasteiger partial charge in [0.2, 0.25) is 0 Å². The number of halogens is 1. The Morgan fingerprint density at radius 3 is 2.94 bits per heavy atom. The van der Waals surface area contributed by atoms with Crippen LogP contribution in [0.25, 0.3) is 0 Å². The van der Waals surface area contributed by atoms with E-state index in [0.717, 1.165) is 13.0 Å². The summed E-state index contributed by atoms with van der Waals surface area (Å²) < 4.78 is 5.40. The third-order valence-corrected chi connectivity index (χ3v) is 2.57. The Morgan fingerprint density at radius 2 is 2.28 bits per heavy atom. The number of hydrogen-bond acceptors (Lipinski definition) is 3. The third-order valence-electron chi connectivity index (χ3n) is 2.36. The summed E-state index contributed by atoms with van der Waals surface area (Å²) in [6.07, 6.45) is 2.55. The maximum Gasteiger partial charge on any atom is 0.251 e. The molecule has 0 atom stereocenters. The molecule has 0 aliphatic carbocycles. The number of hydrogen-bond donors (Lipinski definition) is 1. The van der Waals surface area contributed by atoms with Gasteiger partial charge in [-0.3, -0.25) is 4.79 Å². The van der Waals surface area contributed by atoms with Gasteiger partial charge in [0.05, 0.1) is 6.61 Å². The van der Waals surface area contributed by atoms with Gasteiger partial charge in [0.1, 0.15) is 5.15 Å². The van der Waals surface area contributed by atoms with Crippen LogP contribution in [0.2, 0.25) is 5.15 Å². The Morgan fingerprint density at radius 1 is 1.50 bits per heavy atom. The van der Waals surface area contributed by atoms with E-state index in [0.29, 0.717) is 29.8 Å². The van der Waals surface area contributed by atoms with E-state index >= 15 is 0 Å². The highest BCUT2D eigenvalue weighted by Gasteiger charge is 2.05. The quantitative estimate of drug-likeness (QED) is 0.612. The van der Waals surface area contributed by atoms with Crippen LogP contribution in [0, 0.1) is 5.92 Å². The first-order valence-corrected chi connectivity index (χ1v) is 6.45. The fraction of sp³-hybridized carbons (Fsp3) is 0.538. The molecule has 18 heavy (non-hydrogen) atoms. The lowest BCUT2D eigenvalue weighted by Crippen LogP contribution is -2.27. The Labute approximate surface area is 113 Å². The van der Waals surface area contributed by atoms with Gasteiger partial charge in [-0.1, -0.05) is 25.4 Å². The van der Waals surface area contributed by atoms with Crippen LogP contribution >= 0.6 is 11.6 Å². The molecule has 0 aliphatic rings. The fourth-order valence-electron chi connectivity index (χ4n) is 1.30. The summed E-state index contributed by atoms with van der Waals surface area (Å²) in [4.78, 5) is 15.5. The van der Waals surface area contributed by atoms with Gasteiger partial charge in [0.15, 0.2) is 0 Å². The van der Waals surface area contributed by atoms with Crippen LogP contribution in [0.5, 0.6) is 0 Å². The Balaban J connectivity index is 2.18. The first-order valence-electron chi connectivity index (χ1n) is 6.07. The molecule has 0 radical (unpaired) electrons. The average Bonchev–Trinajstić information content (AvgIpc) is 2.33. The number of nitrogens with one attached hydrogen (secondary N) is 1. The van der Waals surface area contributed by atoms with Gasteiger partial charge < -0.3 is 10.1 Å². The monoisotopic (exact) mass is 270 g/mol. The minimum Gasteiger partial charge on any atom is -0.380 e. The highest BCUT2D eigenvalue weighted by atomic mass is 35.5. The number of nitrogens with zero attached hydrogens (tertiary/aromatic N) is 1. The van der Waals surface area contributed by atoms with Gasteiger partial charge in [-0.2, -0.15) is 0 Å². The highest BCUT2D eigenvalue weighted by Crippen LogP contribution is 2.06. The lowest BCUT2D eigenvalue weighted by atomic mass is 10.1. The van der Waals surface area contributed by atoms with Crippen molar-refractivity contribution in [2.75, 3.05) is 19.8 Å². The average molecular weight is 271 g/mol. The zero-order chi connectivity index (χ0) is 13.4. The van der Waals surface area contributed by atoms with Crippen LogP contribution in [0.4, 0.5) is 0 Å². The van der Waals surface area contributed by atoms with Crippen molar-refractivity contribution in [1.29, 1.82) is 0 Å².